The zero-order chi connectivity index (χ0) is 14.2. The van der Waals surface area contributed by atoms with Crippen LogP contribution in [0.1, 0.15) is 37.7 Å². The number of fused-ring (bicyclic) bond motifs is 1. The van der Waals surface area contributed by atoms with Crippen molar-refractivity contribution in [3.05, 3.63) is 34.6 Å². The van der Waals surface area contributed by atoms with Crippen molar-refractivity contribution in [2.24, 2.45) is 5.92 Å². The molecule has 2 fully saturated rings. The zero-order valence-electron chi connectivity index (χ0n) is 11.6. The lowest BCUT2D eigenvalue weighted by Gasteiger charge is -2.47. The molecule has 1 saturated carbocycles. The van der Waals surface area contributed by atoms with Crippen LogP contribution in [0.2, 0.25) is 5.02 Å². The number of hydrogen-bond acceptors (Lipinski definition) is 2. The Bertz CT molecular complexity index is 475. The zero-order valence-corrected chi connectivity index (χ0v) is 12.4. The van der Waals surface area contributed by atoms with Crippen LogP contribution in [0.3, 0.4) is 0 Å². The van der Waals surface area contributed by atoms with Gasteiger partial charge in [0.2, 0.25) is 0 Å². The van der Waals surface area contributed by atoms with E-state index in [1.165, 1.54) is 12.5 Å². The quantitative estimate of drug-likeness (QED) is 0.901. The van der Waals surface area contributed by atoms with E-state index in [1.807, 2.05) is 0 Å². The highest BCUT2D eigenvalue weighted by atomic mass is 35.5. The predicted molar refractivity (Wildman–Crippen MR) is 78.2 cm³/mol. The van der Waals surface area contributed by atoms with Gasteiger partial charge in [0.25, 0.3) is 0 Å². The molecule has 1 aromatic rings. The standard InChI is InChI=1S/C16H21ClFNO/c17-14-5-3-6-15(18)13(14)11-19-9-8-16(20)7-2-1-4-12(16)10-19/h3,5-6,12,20H,1-2,4,7-11H2. The van der Waals surface area contributed by atoms with Crippen molar-refractivity contribution in [3.63, 3.8) is 0 Å². The lowest BCUT2D eigenvalue weighted by Crippen LogP contribution is -2.53. The Morgan fingerprint density at radius 1 is 1.35 bits per heavy atom. The third kappa shape index (κ3) is 2.72. The summed E-state index contributed by atoms with van der Waals surface area (Å²) in [4.78, 5) is 2.23. The van der Waals surface area contributed by atoms with Gasteiger partial charge in [-0.3, -0.25) is 4.90 Å². The molecule has 0 spiro atoms. The van der Waals surface area contributed by atoms with Gasteiger partial charge in [0.1, 0.15) is 5.82 Å². The lowest BCUT2D eigenvalue weighted by molar-refractivity contribution is -0.0968. The molecule has 1 saturated heterocycles. The molecule has 0 amide bonds. The Balaban J connectivity index is 1.71. The summed E-state index contributed by atoms with van der Waals surface area (Å²) in [7, 11) is 0. The number of rotatable bonds is 2. The number of piperidine rings is 1. The highest BCUT2D eigenvalue weighted by Crippen LogP contribution is 2.40. The molecule has 0 bridgehead atoms. The molecule has 3 rings (SSSR count). The lowest BCUT2D eigenvalue weighted by atomic mass is 9.71. The van der Waals surface area contributed by atoms with Crippen LogP contribution in [0.4, 0.5) is 4.39 Å². The van der Waals surface area contributed by atoms with Gasteiger partial charge >= 0.3 is 0 Å². The predicted octanol–water partition coefficient (Wildman–Crippen LogP) is 3.61. The van der Waals surface area contributed by atoms with Gasteiger partial charge in [0.05, 0.1) is 5.60 Å². The highest BCUT2D eigenvalue weighted by Gasteiger charge is 2.42. The van der Waals surface area contributed by atoms with E-state index in [9.17, 15) is 9.50 Å². The summed E-state index contributed by atoms with van der Waals surface area (Å²) < 4.78 is 13.9. The third-order valence-electron chi connectivity index (χ3n) is 4.96. The molecule has 2 nitrogen and oxygen atoms in total. The summed E-state index contributed by atoms with van der Waals surface area (Å²) in [6.45, 7) is 2.21. The number of aliphatic hydroxyl groups is 1. The molecule has 0 radical (unpaired) electrons. The summed E-state index contributed by atoms with van der Waals surface area (Å²) >= 11 is 6.10. The minimum Gasteiger partial charge on any atom is -0.390 e. The van der Waals surface area contributed by atoms with Gasteiger partial charge in [-0.15, -0.1) is 0 Å². The van der Waals surface area contributed by atoms with Crippen molar-refractivity contribution >= 4 is 11.6 Å². The van der Waals surface area contributed by atoms with Crippen molar-refractivity contribution in [2.75, 3.05) is 13.1 Å². The minimum absolute atomic E-state index is 0.234. The van der Waals surface area contributed by atoms with E-state index in [1.54, 1.807) is 12.1 Å². The van der Waals surface area contributed by atoms with E-state index in [2.05, 4.69) is 4.90 Å². The maximum absolute atomic E-state index is 13.9. The smallest absolute Gasteiger partial charge is 0.129 e. The molecule has 2 unspecified atom stereocenters. The van der Waals surface area contributed by atoms with Crippen LogP contribution in [0.15, 0.2) is 18.2 Å². The molecule has 2 aliphatic rings. The van der Waals surface area contributed by atoms with Crippen LogP contribution in [0.5, 0.6) is 0 Å². The molecule has 110 valence electrons. The molecular weight excluding hydrogens is 277 g/mol. The third-order valence-corrected chi connectivity index (χ3v) is 5.31. The molecular formula is C16H21ClFNO. The minimum atomic E-state index is -0.478. The first-order valence-electron chi connectivity index (χ1n) is 7.46. The maximum Gasteiger partial charge on any atom is 0.129 e. The first kappa shape index (κ1) is 14.3. The molecule has 1 aromatic carbocycles. The average molecular weight is 298 g/mol. The summed E-state index contributed by atoms with van der Waals surface area (Å²) in [5.41, 5.74) is 0.101. The molecule has 20 heavy (non-hydrogen) atoms. The van der Waals surface area contributed by atoms with E-state index in [4.69, 9.17) is 11.6 Å². The fraction of sp³-hybridized carbons (Fsp3) is 0.625. The Morgan fingerprint density at radius 2 is 2.20 bits per heavy atom. The second-order valence-electron chi connectivity index (χ2n) is 6.23. The molecule has 1 heterocycles. The number of benzene rings is 1. The van der Waals surface area contributed by atoms with Crippen molar-refractivity contribution < 1.29 is 9.50 Å². The van der Waals surface area contributed by atoms with Gasteiger partial charge in [-0.1, -0.05) is 30.5 Å². The average Bonchev–Trinajstić information content (AvgIpc) is 2.43. The maximum atomic E-state index is 13.9. The first-order chi connectivity index (χ1) is 9.58. The monoisotopic (exact) mass is 297 g/mol. The van der Waals surface area contributed by atoms with Gasteiger partial charge < -0.3 is 5.11 Å². The highest BCUT2D eigenvalue weighted by molar-refractivity contribution is 6.31. The Hall–Kier alpha value is -0.640. The van der Waals surface area contributed by atoms with Crippen LogP contribution < -0.4 is 0 Å². The summed E-state index contributed by atoms with van der Waals surface area (Å²) in [5.74, 6) is 0.0949. The largest absolute Gasteiger partial charge is 0.390 e. The molecule has 4 heteroatoms. The molecule has 2 atom stereocenters. The van der Waals surface area contributed by atoms with Crippen LogP contribution in [0.25, 0.3) is 0 Å². The van der Waals surface area contributed by atoms with Crippen molar-refractivity contribution in [1.29, 1.82) is 0 Å². The van der Waals surface area contributed by atoms with Crippen molar-refractivity contribution in [1.82, 2.24) is 4.90 Å². The topological polar surface area (TPSA) is 23.5 Å². The first-order valence-corrected chi connectivity index (χ1v) is 7.84. The Kier molecular flexibility index (Phi) is 4.02. The van der Waals surface area contributed by atoms with E-state index in [-0.39, 0.29) is 5.82 Å². The fourth-order valence-corrected chi connectivity index (χ4v) is 3.91. The molecule has 1 N–H and O–H groups in total. The molecule has 1 aliphatic heterocycles. The van der Waals surface area contributed by atoms with Gasteiger partial charge in [0, 0.05) is 36.1 Å². The second kappa shape index (κ2) is 5.63. The van der Waals surface area contributed by atoms with Gasteiger partial charge in [-0.25, -0.2) is 4.39 Å². The number of hydrogen-bond donors (Lipinski definition) is 1. The van der Waals surface area contributed by atoms with Crippen LogP contribution >= 0.6 is 11.6 Å². The van der Waals surface area contributed by atoms with Crippen LogP contribution in [-0.2, 0) is 6.54 Å². The van der Waals surface area contributed by atoms with Gasteiger partial charge in [0.15, 0.2) is 0 Å². The van der Waals surface area contributed by atoms with Crippen LogP contribution in [-0.4, -0.2) is 28.7 Å². The van der Waals surface area contributed by atoms with E-state index in [0.29, 0.717) is 23.0 Å². The number of likely N-dealkylation sites (tertiary alicyclic amines) is 1. The Morgan fingerprint density at radius 3 is 3.00 bits per heavy atom. The number of halogens is 2. The van der Waals surface area contributed by atoms with Crippen molar-refractivity contribution in [2.45, 2.75) is 44.2 Å². The molecule has 1 aliphatic carbocycles. The summed E-state index contributed by atoms with van der Waals surface area (Å²) in [5, 5.41) is 11.2. The Labute approximate surface area is 124 Å². The van der Waals surface area contributed by atoms with Crippen molar-refractivity contribution in [3.8, 4) is 0 Å². The van der Waals surface area contributed by atoms with Gasteiger partial charge in [-0.05, 0) is 31.4 Å². The molecule has 0 aromatic heterocycles. The second-order valence-corrected chi connectivity index (χ2v) is 6.64. The normalized spacial score (nSPS) is 31.1. The fourth-order valence-electron chi connectivity index (χ4n) is 3.69. The SMILES string of the molecule is OC12CCCCC1CN(Cc1c(F)cccc1Cl)CC2. The summed E-state index contributed by atoms with van der Waals surface area (Å²) in [6, 6.07) is 4.83. The van der Waals surface area contributed by atoms with E-state index in [0.717, 1.165) is 38.8 Å². The summed E-state index contributed by atoms with van der Waals surface area (Å²) in [6.07, 6.45) is 5.13. The van der Waals surface area contributed by atoms with E-state index >= 15 is 0 Å². The van der Waals surface area contributed by atoms with Crippen LogP contribution in [0, 0.1) is 11.7 Å². The van der Waals surface area contributed by atoms with Gasteiger partial charge in [-0.2, -0.15) is 0 Å². The number of nitrogens with zero attached hydrogens (tertiary/aromatic N) is 1. The van der Waals surface area contributed by atoms with E-state index < -0.39 is 5.60 Å².